The fraction of sp³-hybridized carbons (Fsp3) is 0.667. The maximum absolute atomic E-state index is 5.69. The van der Waals surface area contributed by atoms with Gasteiger partial charge in [0.05, 0.1) is 25.9 Å². The van der Waals surface area contributed by atoms with Gasteiger partial charge in [-0.1, -0.05) is 0 Å². The molecule has 2 aliphatic rings. The number of rotatable bonds is 4. The van der Waals surface area contributed by atoms with Gasteiger partial charge in [-0.3, -0.25) is 9.88 Å². The number of pyridine rings is 1. The Morgan fingerprint density at radius 2 is 1.90 bits per heavy atom. The summed E-state index contributed by atoms with van der Waals surface area (Å²) in [6.07, 6.45) is 5.10. The molecule has 110 valence electrons. The molecule has 3 rings (SSSR count). The molecule has 0 saturated carbocycles. The van der Waals surface area contributed by atoms with Crippen LogP contribution in [0.4, 0.5) is 5.69 Å². The van der Waals surface area contributed by atoms with Crippen LogP contribution in [-0.2, 0) is 9.47 Å². The number of nitrogens with zero attached hydrogens (tertiary/aromatic N) is 3. The van der Waals surface area contributed by atoms with Crippen molar-refractivity contribution in [3.63, 3.8) is 0 Å². The Hall–Kier alpha value is -1.17. The Morgan fingerprint density at radius 1 is 1.10 bits per heavy atom. The maximum Gasteiger partial charge on any atom is 0.0821 e. The summed E-state index contributed by atoms with van der Waals surface area (Å²) >= 11 is 0. The Balaban J connectivity index is 1.40. The van der Waals surface area contributed by atoms with E-state index in [-0.39, 0.29) is 0 Å². The normalized spacial score (nSPS) is 24.8. The van der Waals surface area contributed by atoms with Crippen LogP contribution in [0.2, 0.25) is 0 Å². The van der Waals surface area contributed by atoms with Crippen molar-refractivity contribution in [2.24, 2.45) is 0 Å². The SMILES string of the molecule is c1cc(N2CCN(CCC3COCCO3)CC2)ccn1. The number of hydrogen-bond acceptors (Lipinski definition) is 5. The number of ether oxygens (including phenoxy) is 2. The van der Waals surface area contributed by atoms with Crippen LogP contribution in [0.5, 0.6) is 0 Å². The summed E-state index contributed by atoms with van der Waals surface area (Å²) in [6.45, 7) is 7.79. The van der Waals surface area contributed by atoms with Crippen LogP contribution in [0.3, 0.4) is 0 Å². The highest BCUT2D eigenvalue weighted by Crippen LogP contribution is 2.15. The lowest BCUT2D eigenvalue weighted by atomic mass is 10.2. The van der Waals surface area contributed by atoms with E-state index >= 15 is 0 Å². The monoisotopic (exact) mass is 277 g/mol. The molecule has 0 amide bonds. The third-order valence-corrected chi connectivity index (χ3v) is 4.05. The molecule has 0 bridgehead atoms. The van der Waals surface area contributed by atoms with Crippen LogP contribution in [0.25, 0.3) is 0 Å². The lowest BCUT2D eigenvalue weighted by Crippen LogP contribution is -2.47. The molecule has 0 aliphatic carbocycles. The molecule has 3 heterocycles. The molecular weight excluding hydrogens is 254 g/mol. The van der Waals surface area contributed by atoms with E-state index in [2.05, 4.69) is 26.9 Å². The van der Waals surface area contributed by atoms with Gasteiger partial charge >= 0.3 is 0 Å². The van der Waals surface area contributed by atoms with Crippen molar-refractivity contribution in [2.75, 3.05) is 57.4 Å². The highest BCUT2D eigenvalue weighted by atomic mass is 16.6. The average molecular weight is 277 g/mol. The summed E-state index contributed by atoms with van der Waals surface area (Å²) in [5.41, 5.74) is 1.28. The predicted octanol–water partition coefficient (Wildman–Crippen LogP) is 1.01. The molecule has 0 N–H and O–H groups in total. The van der Waals surface area contributed by atoms with E-state index in [9.17, 15) is 0 Å². The van der Waals surface area contributed by atoms with E-state index in [4.69, 9.17) is 9.47 Å². The summed E-state index contributed by atoms with van der Waals surface area (Å²) in [5.74, 6) is 0. The van der Waals surface area contributed by atoms with Crippen LogP contribution in [-0.4, -0.2) is 68.5 Å². The maximum atomic E-state index is 5.69. The fourth-order valence-electron chi connectivity index (χ4n) is 2.81. The highest BCUT2D eigenvalue weighted by molar-refractivity contribution is 5.44. The predicted molar refractivity (Wildman–Crippen MR) is 78.1 cm³/mol. The fourth-order valence-corrected chi connectivity index (χ4v) is 2.81. The molecule has 1 atom stereocenters. The first kappa shape index (κ1) is 13.8. The van der Waals surface area contributed by atoms with Gasteiger partial charge in [-0.2, -0.15) is 0 Å². The summed E-state index contributed by atoms with van der Waals surface area (Å²) in [4.78, 5) is 9.03. The molecular formula is C15H23N3O2. The number of anilines is 1. The summed E-state index contributed by atoms with van der Waals surface area (Å²) < 4.78 is 11.1. The van der Waals surface area contributed by atoms with Gasteiger partial charge in [-0.15, -0.1) is 0 Å². The number of aromatic nitrogens is 1. The quantitative estimate of drug-likeness (QED) is 0.821. The largest absolute Gasteiger partial charge is 0.376 e. The van der Waals surface area contributed by atoms with Crippen molar-refractivity contribution < 1.29 is 9.47 Å². The first-order valence-corrected chi connectivity index (χ1v) is 7.48. The Kier molecular flexibility index (Phi) is 4.84. The van der Waals surface area contributed by atoms with Crippen LogP contribution in [0, 0.1) is 0 Å². The molecule has 5 nitrogen and oxygen atoms in total. The van der Waals surface area contributed by atoms with E-state index in [1.807, 2.05) is 12.4 Å². The lowest BCUT2D eigenvalue weighted by Gasteiger charge is -2.36. The van der Waals surface area contributed by atoms with Gasteiger partial charge < -0.3 is 14.4 Å². The standard InChI is InChI=1S/C15H23N3O2/c1-4-16-5-2-14(1)18-9-7-17(8-10-18)6-3-15-13-19-11-12-20-15/h1-2,4-5,15H,3,6-13H2. The number of piperazine rings is 1. The molecule has 5 heteroatoms. The van der Waals surface area contributed by atoms with Crippen LogP contribution in [0.15, 0.2) is 24.5 Å². The van der Waals surface area contributed by atoms with Gasteiger partial charge in [0.1, 0.15) is 0 Å². The summed E-state index contributed by atoms with van der Waals surface area (Å²) in [6, 6.07) is 4.17. The molecule has 1 aromatic rings. The minimum atomic E-state index is 0.293. The molecule has 1 unspecified atom stereocenters. The van der Waals surface area contributed by atoms with Gasteiger partial charge in [0.25, 0.3) is 0 Å². The van der Waals surface area contributed by atoms with Crippen molar-refractivity contribution in [2.45, 2.75) is 12.5 Å². The van der Waals surface area contributed by atoms with E-state index in [0.717, 1.165) is 59.0 Å². The van der Waals surface area contributed by atoms with Crippen LogP contribution < -0.4 is 4.90 Å². The van der Waals surface area contributed by atoms with Crippen molar-refractivity contribution >= 4 is 5.69 Å². The van der Waals surface area contributed by atoms with Crippen molar-refractivity contribution in [1.82, 2.24) is 9.88 Å². The second kappa shape index (κ2) is 7.02. The summed E-state index contributed by atoms with van der Waals surface area (Å²) in [7, 11) is 0. The first-order chi connectivity index (χ1) is 9.92. The van der Waals surface area contributed by atoms with Gasteiger partial charge in [-0.25, -0.2) is 0 Å². The molecule has 0 radical (unpaired) electrons. The zero-order valence-corrected chi connectivity index (χ0v) is 11.9. The highest BCUT2D eigenvalue weighted by Gasteiger charge is 2.19. The molecule has 2 fully saturated rings. The minimum absolute atomic E-state index is 0.293. The van der Waals surface area contributed by atoms with E-state index in [1.165, 1.54) is 5.69 Å². The molecule has 0 aromatic carbocycles. The zero-order chi connectivity index (χ0) is 13.6. The smallest absolute Gasteiger partial charge is 0.0821 e. The molecule has 1 aromatic heterocycles. The zero-order valence-electron chi connectivity index (χ0n) is 11.9. The lowest BCUT2D eigenvalue weighted by molar-refractivity contribution is -0.0927. The van der Waals surface area contributed by atoms with E-state index in [0.29, 0.717) is 6.10 Å². The Labute approximate surface area is 120 Å². The molecule has 0 spiro atoms. The first-order valence-electron chi connectivity index (χ1n) is 7.48. The second-order valence-electron chi connectivity index (χ2n) is 5.39. The van der Waals surface area contributed by atoms with Gasteiger partial charge in [0.2, 0.25) is 0 Å². The topological polar surface area (TPSA) is 37.8 Å². The van der Waals surface area contributed by atoms with E-state index in [1.54, 1.807) is 0 Å². The van der Waals surface area contributed by atoms with Crippen LogP contribution >= 0.6 is 0 Å². The van der Waals surface area contributed by atoms with Gasteiger partial charge in [0, 0.05) is 50.8 Å². The Bertz CT molecular complexity index is 387. The molecule has 2 saturated heterocycles. The molecule has 20 heavy (non-hydrogen) atoms. The van der Waals surface area contributed by atoms with E-state index < -0.39 is 0 Å². The summed E-state index contributed by atoms with van der Waals surface area (Å²) in [5, 5.41) is 0. The van der Waals surface area contributed by atoms with Crippen LogP contribution in [0.1, 0.15) is 6.42 Å². The van der Waals surface area contributed by atoms with Crippen molar-refractivity contribution in [3.05, 3.63) is 24.5 Å². The van der Waals surface area contributed by atoms with Crippen molar-refractivity contribution in [3.8, 4) is 0 Å². The minimum Gasteiger partial charge on any atom is -0.376 e. The molecule has 2 aliphatic heterocycles. The average Bonchev–Trinajstić information content (AvgIpc) is 2.55. The second-order valence-corrected chi connectivity index (χ2v) is 5.39. The number of hydrogen-bond donors (Lipinski definition) is 0. The van der Waals surface area contributed by atoms with Gasteiger partial charge in [-0.05, 0) is 18.6 Å². The van der Waals surface area contributed by atoms with Crippen molar-refractivity contribution in [1.29, 1.82) is 0 Å². The third-order valence-electron chi connectivity index (χ3n) is 4.05. The third kappa shape index (κ3) is 3.69. The Morgan fingerprint density at radius 3 is 2.60 bits per heavy atom. The van der Waals surface area contributed by atoms with Gasteiger partial charge in [0.15, 0.2) is 0 Å².